The quantitative estimate of drug-likeness (QED) is 0.782. The highest BCUT2D eigenvalue weighted by molar-refractivity contribution is 5.85. The van der Waals surface area contributed by atoms with E-state index in [1.807, 2.05) is 24.3 Å². The third kappa shape index (κ3) is 3.61. The van der Waals surface area contributed by atoms with Crippen molar-refractivity contribution >= 4 is 16.7 Å². The standard InChI is InChI=1S/C18H20O3/c19-18(11-10-16-8-4-12-20-16)21-13-15-7-3-6-14-5-1-2-9-17(14)15/h1-3,5-7,9,16H,4,8,10-13H2/t16-/m1/s1. The summed E-state index contributed by atoms with van der Waals surface area (Å²) in [7, 11) is 0. The van der Waals surface area contributed by atoms with Gasteiger partial charge in [-0.05, 0) is 35.6 Å². The molecule has 3 heteroatoms. The third-order valence-electron chi connectivity index (χ3n) is 3.96. The van der Waals surface area contributed by atoms with E-state index in [-0.39, 0.29) is 12.1 Å². The summed E-state index contributed by atoms with van der Waals surface area (Å²) < 4.78 is 10.9. The van der Waals surface area contributed by atoms with Crippen molar-refractivity contribution in [3.05, 3.63) is 48.0 Å². The molecule has 1 heterocycles. The normalized spacial score (nSPS) is 18.0. The van der Waals surface area contributed by atoms with Gasteiger partial charge in [-0.1, -0.05) is 42.5 Å². The fraction of sp³-hybridized carbons (Fsp3) is 0.389. The highest BCUT2D eigenvalue weighted by Gasteiger charge is 2.17. The van der Waals surface area contributed by atoms with Gasteiger partial charge in [0.25, 0.3) is 0 Å². The molecule has 0 amide bonds. The number of esters is 1. The summed E-state index contributed by atoms with van der Waals surface area (Å²) in [5.41, 5.74) is 1.05. The molecule has 2 aromatic carbocycles. The third-order valence-corrected chi connectivity index (χ3v) is 3.96. The molecule has 0 aromatic heterocycles. The Hall–Kier alpha value is -1.87. The van der Waals surface area contributed by atoms with E-state index >= 15 is 0 Å². The van der Waals surface area contributed by atoms with Gasteiger partial charge >= 0.3 is 5.97 Å². The molecule has 3 nitrogen and oxygen atoms in total. The minimum Gasteiger partial charge on any atom is -0.461 e. The van der Waals surface area contributed by atoms with E-state index < -0.39 is 0 Å². The average Bonchev–Trinajstić information content (AvgIpc) is 3.04. The highest BCUT2D eigenvalue weighted by atomic mass is 16.5. The van der Waals surface area contributed by atoms with Crippen molar-refractivity contribution in [2.45, 2.75) is 38.4 Å². The van der Waals surface area contributed by atoms with Crippen LogP contribution in [0.2, 0.25) is 0 Å². The highest BCUT2D eigenvalue weighted by Crippen LogP contribution is 2.20. The number of carbonyl (C=O) groups excluding carboxylic acids is 1. The molecule has 0 radical (unpaired) electrons. The average molecular weight is 284 g/mol. The predicted molar refractivity (Wildman–Crippen MR) is 82.0 cm³/mol. The largest absolute Gasteiger partial charge is 0.461 e. The minimum absolute atomic E-state index is 0.140. The van der Waals surface area contributed by atoms with E-state index in [1.165, 1.54) is 5.39 Å². The van der Waals surface area contributed by atoms with Crippen LogP contribution in [0.5, 0.6) is 0 Å². The summed E-state index contributed by atoms with van der Waals surface area (Å²) in [6, 6.07) is 14.2. The second-order valence-electron chi connectivity index (χ2n) is 5.47. The van der Waals surface area contributed by atoms with Crippen LogP contribution in [0.25, 0.3) is 10.8 Å². The SMILES string of the molecule is O=C(CC[C@H]1CCCO1)OCc1cccc2ccccc12. The van der Waals surface area contributed by atoms with E-state index in [9.17, 15) is 4.79 Å². The second kappa shape index (κ2) is 6.72. The molecule has 21 heavy (non-hydrogen) atoms. The number of hydrogen-bond donors (Lipinski definition) is 0. The summed E-state index contributed by atoms with van der Waals surface area (Å²) in [6.45, 7) is 1.17. The van der Waals surface area contributed by atoms with Gasteiger partial charge in [0, 0.05) is 13.0 Å². The Labute approximate surface area is 124 Å². The maximum Gasteiger partial charge on any atom is 0.306 e. The maximum atomic E-state index is 11.8. The number of rotatable bonds is 5. The molecule has 110 valence electrons. The molecular formula is C18H20O3. The lowest BCUT2D eigenvalue weighted by Crippen LogP contribution is -2.11. The summed E-state index contributed by atoms with van der Waals surface area (Å²) in [4.78, 5) is 11.8. The first-order valence-corrected chi connectivity index (χ1v) is 7.57. The molecule has 0 spiro atoms. The van der Waals surface area contributed by atoms with Crippen LogP contribution in [-0.2, 0) is 20.9 Å². The van der Waals surface area contributed by atoms with Crippen molar-refractivity contribution in [2.24, 2.45) is 0 Å². The van der Waals surface area contributed by atoms with Crippen molar-refractivity contribution < 1.29 is 14.3 Å². The van der Waals surface area contributed by atoms with Gasteiger partial charge in [0.05, 0.1) is 6.10 Å². The van der Waals surface area contributed by atoms with Gasteiger partial charge in [0.1, 0.15) is 6.61 Å². The Morgan fingerprint density at radius 2 is 2.05 bits per heavy atom. The molecular weight excluding hydrogens is 264 g/mol. The minimum atomic E-state index is -0.140. The summed E-state index contributed by atoms with van der Waals surface area (Å²) >= 11 is 0. The molecule has 0 saturated carbocycles. The molecule has 0 N–H and O–H groups in total. The second-order valence-corrected chi connectivity index (χ2v) is 5.47. The zero-order valence-corrected chi connectivity index (χ0v) is 12.1. The van der Waals surface area contributed by atoms with Crippen molar-refractivity contribution in [1.82, 2.24) is 0 Å². The van der Waals surface area contributed by atoms with Gasteiger partial charge in [0.15, 0.2) is 0 Å². The van der Waals surface area contributed by atoms with E-state index in [2.05, 4.69) is 18.2 Å². The van der Waals surface area contributed by atoms with E-state index in [4.69, 9.17) is 9.47 Å². The van der Waals surface area contributed by atoms with E-state index in [1.54, 1.807) is 0 Å². The Morgan fingerprint density at radius 3 is 2.90 bits per heavy atom. The van der Waals surface area contributed by atoms with Crippen LogP contribution >= 0.6 is 0 Å². The molecule has 2 aromatic rings. The number of hydrogen-bond acceptors (Lipinski definition) is 3. The Kier molecular flexibility index (Phi) is 4.51. The van der Waals surface area contributed by atoms with Gasteiger partial charge < -0.3 is 9.47 Å². The lowest BCUT2D eigenvalue weighted by molar-refractivity contribution is -0.145. The Morgan fingerprint density at radius 1 is 1.19 bits per heavy atom. The van der Waals surface area contributed by atoms with Gasteiger partial charge in [-0.25, -0.2) is 0 Å². The number of fused-ring (bicyclic) bond motifs is 1. The van der Waals surface area contributed by atoms with Crippen LogP contribution in [0.1, 0.15) is 31.2 Å². The van der Waals surface area contributed by atoms with Gasteiger partial charge in [-0.15, -0.1) is 0 Å². The fourth-order valence-corrected chi connectivity index (χ4v) is 2.80. The van der Waals surface area contributed by atoms with E-state index in [0.717, 1.165) is 36.8 Å². The predicted octanol–water partition coefficient (Wildman–Crippen LogP) is 3.84. The number of benzene rings is 2. The first-order valence-electron chi connectivity index (χ1n) is 7.57. The molecule has 0 unspecified atom stereocenters. The zero-order valence-electron chi connectivity index (χ0n) is 12.1. The van der Waals surface area contributed by atoms with Crippen molar-refractivity contribution in [2.75, 3.05) is 6.61 Å². The first-order chi connectivity index (χ1) is 10.3. The van der Waals surface area contributed by atoms with Crippen molar-refractivity contribution in [3.63, 3.8) is 0 Å². The van der Waals surface area contributed by atoms with Crippen LogP contribution in [-0.4, -0.2) is 18.7 Å². The van der Waals surface area contributed by atoms with Crippen molar-refractivity contribution in [1.29, 1.82) is 0 Å². The first kappa shape index (κ1) is 14.1. The number of carbonyl (C=O) groups is 1. The zero-order chi connectivity index (χ0) is 14.5. The summed E-state index contributed by atoms with van der Waals surface area (Å²) in [5.74, 6) is -0.140. The molecule has 1 atom stereocenters. The Balaban J connectivity index is 1.54. The van der Waals surface area contributed by atoms with Gasteiger partial charge in [-0.2, -0.15) is 0 Å². The van der Waals surface area contributed by atoms with Crippen LogP contribution in [0.4, 0.5) is 0 Å². The lowest BCUT2D eigenvalue weighted by atomic mass is 10.1. The summed E-state index contributed by atoms with van der Waals surface area (Å²) in [6.07, 6.45) is 3.63. The topological polar surface area (TPSA) is 35.5 Å². The van der Waals surface area contributed by atoms with Gasteiger partial charge in [0.2, 0.25) is 0 Å². The number of ether oxygens (including phenoxy) is 2. The van der Waals surface area contributed by atoms with Gasteiger partial charge in [-0.3, -0.25) is 4.79 Å². The molecule has 1 saturated heterocycles. The molecule has 1 aliphatic rings. The Bertz CT molecular complexity index is 609. The molecule has 0 bridgehead atoms. The smallest absolute Gasteiger partial charge is 0.306 e. The van der Waals surface area contributed by atoms with Crippen LogP contribution < -0.4 is 0 Å². The van der Waals surface area contributed by atoms with Crippen LogP contribution in [0, 0.1) is 0 Å². The summed E-state index contributed by atoms with van der Waals surface area (Å²) in [5, 5.41) is 2.32. The maximum absolute atomic E-state index is 11.8. The molecule has 1 fully saturated rings. The van der Waals surface area contributed by atoms with Crippen molar-refractivity contribution in [3.8, 4) is 0 Å². The van der Waals surface area contributed by atoms with Crippen LogP contribution in [0.15, 0.2) is 42.5 Å². The molecule has 1 aliphatic heterocycles. The molecule has 0 aliphatic carbocycles. The van der Waals surface area contributed by atoms with E-state index in [0.29, 0.717) is 13.0 Å². The van der Waals surface area contributed by atoms with Crippen LogP contribution in [0.3, 0.4) is 0 Å². The monoisotopic (exact) mass is 284 g/mol. The fourth-order valence-electron chi connectivity index (χ4n) is 2.80. The molecule has 3 rings (SSSR count). The lowest BCUT2D eigenvalue weighted by Gasteiger charge is -2.10.